The van der Waals surface area contributed by atoms with Crippen molar-refractivity contribution in [1.82, 2.24) is 10.6 Å². The summed E-state index contributed by atoms with van der Waals surface area (Å²) in [6.07, 6.45) is 2.70. The van der Waals surface area contributed by atoms with E-state index in [1.165, 1.54) is 31.0 Å². The van der Waals surface area contributed by atoms with E-state index in [0.29, 0.717) is 14.4 Å². The quantitative estimate of drug-likeness (QED) is 0.533. The molecule has 0 spiro atoms. The standard InChI is InChI=1S/C8H4FNO2.C8H8FN.C4H10BO/c9-5-3-1-2-4-6(5)8(12)10-7(4)11;9-8-3-1-2-6-4-10-5-7(6)8;5-4-2-1-3-6-4/h1-3H,(H,10,11,12);1-3,10H,4-5H2;4H,1-3H2,5H3/q;;-1. The Morgan fingerprint density at radius 3 is 2.36 bits per heavy atom. The van der Waals surface area contributed by atoms with Gasteiger partial charge in [-0.05, 0) is 38.0 Å². The van der Waals surface area contributed by atoms with Gasteiger partial charge in [-0.1, -0.05) is 30.6 Å². The molecule has 1 atom stereocenters. The number of carbonyl (C=O) groups is 2. The van der Waals surface area contributed by atoms with Crippen LogP contribution in [0, 0.1) is 11.6 Å². The molecule has 0 radical (unpaired) electrons. The van der Waals surface area contributed by atoms with Crippen molar-refractivity contribution in [2.45, 2.75) is 31.9 Å². The van der Waals surface area contributed by atoms with E-state index in [9.17, 15) is 18.4 Å². The van der Waals surface area contributed by atoms with Crippen LogP contribution in [0.15, 0.2) is 36.4 Å². The lowest BCUT2D eigenvalue weighted by atomic mass is 9.98. The number of benzene rings is 2. The minimum atomic E-state index is -0.659. The Balaban J connectivity index is 0.000000127. The van der Waals surface area contributed by atoms with Gasteiger partial charge in [0, 0.05) is 25.3 Å². The molecular formula is C20H22BF2N2O3-. The molecular weight excluding hydrogens is 365 g/mol. The maximum absolute atomic E-state index is 12.9. The van der Waals surface area contributed by atoms with Crippen molar-refractivity contribution in [2.75, 3.05) is 6.61 Å². The van der Waals surface area contributed by atoms with E-state index in [4.69, 9.17) is 4.74 Å². The van der Waals surface area contributed by atoms with E-state index >= 15 is 0 Å². The van der Waals surface area contributed by atoms with Crippen LogP contribution in [0.2, 0.25) is 0 Å². The molecule has 3 aliphatic rings. The first-order chi connectivity index (χ1) is 13.5. The van der Waals surface area contributed by atoms with E-state index in [1.807, 2.05) is 11.4 Å². The van der Waals surface area contributed by atoms with E-state index in [-0.39, 0.29) is 16.9 Å². The molecule has 8 heteroatoms. The smallest absolute Gasteiger partial charge is 0.261 e. The third-order valence-corrected chi connectivity index (χ3v) is 4.25. The highest BCUT2D eigenvalue weighted by Gasteiger charge is 2.29. The summed E-state index contributed by atoms with van der Waals surface area (Å²) in [4.78, 5) is 21.9. The SMILES string of the molecule is Fc1cccc2c1CNC2.O=C1NC(=O)c2c(F)cccc21.[BH3-]C1CCCO1. The summed E-state index contributed by atoms with van der Waals surface area (Å²) in [5.74, 6) is -1.93. The van der Waals surface area contributed by atoms with Crippen LogP contribution in [0.4, 0.5) is 8.78 Å². The molecule has 1 fully saturated rings. The summed E-state index contributed by atoms with van der Waals surface area (Å²) < 4.78 is 31.0. The third-order valence-electron chi connectivity index (χ3n) is 4.25. The van der Waals surface area contributed by atoms with Crippen LogP contribution in [0.5, 0.6) is 0 Å². The Labute approximate surface area is 162 Å². The predicted octanol–water partition coefficient (Wildman–Crippen LogP) is 1.63. The van der Waals surface area contributed by atoms with Gasteiger partial charge >= 0.3 is 0 Å². The summed E-state index contributed by atoms with van der Waals surface area (Å²) in [5.41, 5.74) is 1.89. The fourth-order valence-corrected chi connectivity index (χ4v) is 2.88. The number of imide groups is 1. The number of halogens is 2. The fourth-order valence-electron chi connectivity index (χ4n) is 2.88. The molecule has 0 aromatic heterocycles. The maximum atomic E-state index is 12.9. The Kier molecular flexibility index (Phi) is 6.54. The van der Waals surface area contributed by atoms with Crippen molar-refractivity contribution >= 4 is 19.7 Å². The number of fused-ring (bicyclic) bond motifs is 2. The second-order valence-corrected chi connectivity index (χ2v) is 6.11. The lowest BCUT2D eigenvalue weighted by Gasteiger charge is -2.01. The molecule has 148 valence electrons. The van der Waals surface area contributed by atoms with E-state index in [2.05, 4.69) is 5.32 Å². The minimum absolute atomic E-state index is 0.0810. The summed E-state index contributed by atoms with van der Waals surface area (Å²) in [5, 5.41) is 5.09. The molecule has 0 saturated carbocycles. The van der Waals surface area contributed by atoms with Crippen LogP contribution in [0.25, 0.3) is 0 Å². The Morgan fingerprint density at radius 2 is 1.75 bits per heavy atom. The van der Waals surface area contributed by atoms with E-state index in [0.717, 1.165) is 36.3 Å². The number of rotatable bonds is 0. The average molecular weight is 387 g/mol. The van der Waals surface area contributed by atoms with Gasteiger partial charge in [0.2, 0.25) is 0 Å². The molecule has 1 unspecified atom stereocenters. The van der Waals surface area contributed by atoms with Gasteiger partial charge in [-0.25, -0.2) is 8.78 Å². The van der Waals surface area contributed by atoms with Crippen LogP contribution >= 0.6 is 0 Å². The molecule has 1 saturated heterocycles. The molecule has 2 amide bonds. The molecule has 5 rings (SSSR count). The van der Waals surface area contributed by atoms with Crippen molar-refractivity contribution in [3.05, 3.63) is 70.3 Å². The zero-order valence-electron chi connectivity index (χ0n) is 14.6. The highest BCUT2D eigenvalue weighted by molar-refractivity contribution is 6.21. The van der Waals surface area contributed by atoms with E-state index in [1.54, 1.807) is 6.07 Å². The first-order valence-corrected chi connectivity index (χ1v) is 8.62. The average Bonchev–Trinajstić information content (AvgIpc) is 3.39. The van der Waals surface area contributed by atoms with Crippen molar-refractivity contribution in [1.29, 1.82) is 0 Å². The zero-order valence-corrected chi connectivity index (χ0v) is 14.6. The Hall–Kier alpha value is -2.58. The summed E-state index contributed by atoms with van der Waals surface area (Å²) in [7, 11) is 0.521. The van der Waals surface area contributed by atoms with Crippen LogP contribution in [0.3, 0.4) is 0 Å². The predicted molar refractivity (Wildman–Crippen MR) is 104 cm³/mol. The Morgan fingerprint density at radius 1 is 1.00 bits per heavy atom. The second kappa shape index (κ2) is 9.08. The lowest BCUT2D eigenvalue weighted by molar-refractivity contribution is 0.0878. The third kappa shape index (κ3) is 4.63. The molecule has 5 nitrogen and oxygen atoms in total. The monoisotopic (exact) mass is 387 g/mol. The molecule has 2 N–H and O–H groups in total. The van der Waals surface area contributed by atoms with Gasteiger partial charge in [0.05, 0.1) is 11.1 Å². The first kappa shape index (κ1) is 20.2. The number of nitrogens with one attached hydrogen (secondary N) is 2. The van der Waals surface area contributed by atoms with Gasteiger partial charge in [-0.15, -0.1) is 0 Å². The number of carbonyl (C=O) groups excluding carboxylic acids is 2. The number of hydrogen-bond acceptors (Lipinski definition) is 4. The highest BCUT2D eigenvalue weighted by Crippen LogP contribution is 2.18. The van der Waals surface area contributed by atoms with Crippen molar-refractivity contribution < 1.29 is 23.1 Å². The molecule has 3 aliphatic heterocycles. The highest BCUT2D eigenvalue weighted by atomic mass is 19.1. The largest absolute Gasteiger partial charge is 0.417 e. The number of hydrogen-bond donors (Lipinski definition) is 2. The minimum Gasteiger partial charge on any atom is -0.417 e. The molecule has 2 aromatic carbocycles. The number of amides is 2. The van der Waals surface area contributed by atoms with Crippen LogP contribution in [-0.4, -0.2) is 32.3 Å². The summed E-state index contributed by atoms with van der Waals surface area (Å²) >= 11 is 0. The normalized spacial score (nSPS) is 19.0. The molecule has 0 bridgehead atoms. The lowest BCUT2D eigenvalue weighted by Crippen LogP contribution is -2.20. The van der Waals surface area contributed by atoms with E-state index < -0.39 is 17.6 Å². The van der Waals surface area contributed by atoms with Crippen molar-refractivity contribution in [3.63, 3.8) is 0 Å². The summed E-state index contributed by atoms with van der Waals surface area (Å²) in [6, 6.07) is 9.97. The van der Waals surface area contributed by atoms with Gasteiger partial charge in [-0.2, -0.15) is 0 Å². The van der Waals surface area contributed by atoms with Gasteiger partial charge in [0.15, 0.2) is 0 Å². The molecule has 0 aliphatic carbocycles. The summed E-state index contributed by atoms with van der Waals surface area (Å²) in [6.45, 7) is 2.54. The van der Waals surface area contributed by atoms with Crippen molar-refractivity contribution in [2.24, 2.45) is 0 Å². The molecule has 28 heavy (non-hydrogen) atoms. The van der Waals surface area contributed by atoms with Gasteiger partial charge in [0.1, 0.15) is 11.6 Å². The first-order valence-electron chi connectivity index (χ1n) is 8.62. The van der Waals surface area contributed by atoms with Crippen LogP contribution < -0.4 is 10.6 Å². The van der Waals surface area contributed by atoms with Crippen LogP contribution in [0.1, 0.15) is 44.7 Å². The molecule has 2 aromatic rings. The fraction of sp³-hybridized carbons (Fsp3) is 0.300. The van der Waals surface area contributed by atoms with Gasteiger partial charge < -0.3 is 10.1 Å². The second-order valence-electron chi connectivity index (χ2n) is 6.11. The van der Waals surface area contributed by atoms with Crippen LogP contribution in [-0.2, 0) is 17.8 Å². The maximum Gasteiger partial charge on any atom is 0.261 e. The van der Waals surface area contributed by atoms with Gasteiger partial charge in [-0.3, -0.25) is 14.9 Å². The zero-order chi connectivity index (χ0) is 20.1. The number of ether oxygens (including phenoxy) is 1. The Bertz CT molecular complexity index is 886. The molecule has 3 heterocycles. The topological polar surface area (TPSA) is 67.4 Å². The van der Waals surface area contributed by atoms with Crippen molar-refractivity contribution in [3.8, 4) is 0 Å². The van der Waals surface area contributed by atoms with Gasteiger partial charge in [0.25, 0.3) is 11.8 Å².